The molecule has 1 aromatic rings. The maximum absolute atomic E-state index is 8.56. The van der Waals surface area contributed by atoms with Gasteiger partial charge in [0.25, 0.3) is 0 Å². The van der Waals surface area contributed by atoms with E-state index in [1.54, 1.807) is 10.6 Å². The van der Waals surface area contributed by atoms with Crippen LogP contribution in [0, 0.1) is 18.3 Å². The van der Waals surface area contributed by atoms with E-state index in [1.165, 1.54) is 0 Å². The van der Waals surface area contributed by atoms with Crippen LogP contribution in [0.3, 0.4) is 0 Å². The molecule has 3 heteroatoms. The first-order chi connectivity index (χ1) is 4.66. The van der Waals surface area contributed by atoms with Gasteiger partial charge in [-0.25, -0.2) is 0 Å². The number of nitrogens with zero attached hydrogens (tertiary/aromatic N) is 2. The summed E-state index contributed by atoms with van der Waals surface area (Å²) in [6.07, 6.45) is 0. The van der Waals surface area contributed by atoms with E-state index in [0.717, 1.165) is 5.69 Å². The van der Waals surface area contributed by atoms with Crippen LogP contribution in [-0.4, -0.2) is 4.57 Å². The van der Waals surface area contributed by atoms with Gasteiger partial charge in [0.15, 0.2) is 0 Å². The van der Waals surface area contributed by atoms with Crippen molar-refractivity contribution in [1.29, 1.82) is 5.26 Å². The van der Waals surface area contributed by atoms with Gasteiger partial charge in [0.2, 0.25) is 0 Å². The van der Waals surface area contributed by atoms with E-state index in [-0.39, 0.29) is 0 Å². The molecule has 0 spiro atoms. The highest BCUT2D eigenvalue weighted by molar-refractivity contribution is 6.31. The summed E-state index contributed by atoms with van der Waals surface area (Å²) in [7, 11) is 1.82. The van der Waals surface area contributed by atoms with Gasteiger partial charge in [0, 0.05) is 12.7 Å². The Hall–Kier alpha value is -0.940. The first-order valence-electron chi connectivity index (χ1n) is 2.88. The highest BCUT2D eigenvalue weighted by Gasteiger charge is 2.05. The van der Waals surface area contributed by atoms with Crippen LogP contribution in [0.5, 0.6) is 0 Å². The molecule has 0 unspecified atom stereocenters. The molecule has 0 aliphatic heterocycles. The van der Waals surface area contributed by atoms with Gasteiger partial charge >= 0.3 is 0 Å². The Morgan fingerprint density at radius 2 is 2.30 bits per heavy atom. The molecular weight excluding hydrogens is 148 g/mol. The third-order valence-electron chi connectivity index (χ3n) is 1.53. The zero-order valence-electron chi connectivity index (χ0n) is 5.85. The van der Waals surface area contributed by atoms with Crippen molar-refractivity contribution in [3.05, 3.63) is 22.5 Å². The first kappa shape index (κ1) is 7.17. The zero-order chi connectivity index (χ0) is 7.72. The lowest BCUT2D eigenvalue weighted by Gasteiger charge is -1.94. The normalized spacial score (nSPS) is 9.40. The summed E-state index contributed by atoms with van der Waals surface area (Å²) in [6.45, 7) is 1.91. The number of hydrogen-bond acceptors (Lipinski definition) is 1. The van der Waals surface area contributed by atoms with Gasteiger partial charge in [-0.3, -0.25) is 0 Å². The Kier molecular flexibility index (Phi) is 1.69. The third-order valence-corrected chi connectivity index (χ3v) is 1.82. The Labute approximate surface area is 64.6 Å². The van der Waals surface area contributed by atoms with Crippen molar-refractivity contribution in [2.24, 2.45) is 7.05 Å². The molecule has 0 aromatic carbocycles. The molecule has 0 N–H and O–H groups in total. The first-order valence-corrected chi connectivity index (χ1v) is 3.26. The lowest BCUT2D eigenvalue weighted by Crippen LogP contribution is -1.93. The van der Waals surface area contributed by atoms with Gasteiger partial charge in [-0.15, -0.1) is 0 Å². The molecule has 0 radical (unpaired) electrons. The fourth-order valence-electron chi connectivity index (χ4n) is 0.814. The molecule has 1 rings (SSSR count). The summed E-state index contributed by atoms with van der Waals surface area (Å²) in [5, 5.41) is 9.09. The van der Waals surface area contributed by atoms with Crippen LogP contribution >= 0.6 is 11.6 Å². The molecule has 0 atom stereocenters. The highest BCUT2D eigenvalue weighted by atomic mass is 35.5. The second-order valence-corrected chi connectivity index (χ2v) is 2.56. The molecule has 0 amide bonds. The quantitative estimate of drug-likeness (QED) is 0.561. The van der Waals surface area contributed by atoms with Crippen LogP contribution in [0.4, 0.5) is 0 Å². The summed E-state index contributed by atoms with van der Waals surface area (Å²) in [6, 6.07) is 3.79. The summed E-state index contributed by atoms with van der Waals surface area (Å²) in [4.78, 5) is 0. The fraction of sp³-hybridized carbons (Fsp3) is 0.286. The minimum absolute atomic E-state index is 0.527. The van der Waals surface area contributed by atoms with Crippen molar-refractivity contribution >= 4 is 11.6 Å². The van der Waals surface area contributed by atoms with Crippen molar-refractivity contribution in [3.8, 4) is 6.07 Å². The monoisotopic (exact) mass is 154 g/mol. The van der Waals surface area contributed by atoms with Gasteiger partial charge < -0.3 is 4.57 Å². The van der Waals surface area contributed by atoms with Crippen molar-refractivity contribution in [1.82, 2.24) is 4.57 Å². The van der Waals surface area contributed by atoms with Gasteiger partial charge in [0.05, 0.1) is 5.02 Å². The number of aromatic nitrogens is 1. The van der Waals surface area contributed by atoms with Crippen LogP contribution in [-0.2, 0) is 7.05 Å². The Morgan fingerprint density at radius 1 is 1.70 bits per heavy atom. The number of halogens is 1. The number of nitriles is 1. The van der Waals surface area contributed by atoms with Crippen molar-refractivity contribution in [2.45, 2.75) is 6.92 Å². The average Bonchev–Trinajstić information content (AvgIpc) is 2.09. The van der Waals surface area contributed by atoms with E-state index in [4.69, 9.17) is 16.9 Å². The number of hydrogen-bond donors (Lipinski definition) is 0. The average molecular weight is 155 g/mol. The molecule has 0 saturated heterocycles. The van der Waals surface area contributed by atoms with Crippen molar-refractivity contribution in [2.75, 3.05) is 0 Å². The van der Waals surface area contributed by atoms with E-state index >= 15 is 0 Å². The molecule has 1 aromatic heterocycles. The smallest absolute Gasteiger partial charge is 0.139 e. The highest BCUT2D eigenvalue weighted by Crippen LogP contribution is 2.18. The summed E-state index contributed by atoms with van der Waals surface area (Å²) >= 11 is 5.71. The number of aryl methyl sites for hydroxylation is 1. The number of rotatable bonds is 0. The summed E-state index contributed by atoms with van der Waals surface area (Å²) < 4.78 is 1.77. The maximum atomic E-state index is 8.56. The molecular formula is C7H7ClN2. The minimum Gasteiger partial charge on any atom is -0.339 e. The summed E-state index contributed by atoms with van der Waals surface area (Å²) in [5.74, 6) is 0. The molecule has 0 fully saturated rings. The van der Waals surface area contributed by atoms with Crippen LogP contribution in [0.25, 0.3) is 0 Å². The minimum atomic E-state index is 0.527. The van der Waals surface area contributed by atoms with Crippen molar-refractivity contribution in [3.63, 3.8) is 0 Å². The lowest BCUT2D eigenvalue weighted by atomic mass is 10.4. The SMILES string of the molecule is Cc1cc(Cl)c(C#N)n1C. The molecule has 2 nitrogen and oxygen atoms in total. The molecule has 10 heavy (non-hydrogen) atoms. The van der Waals surface area contributed by atoms with E-state index in [0.29, 0.717) is 10.7 Å². The predicted molar refractivity (Wildman–Crippen MR) is 39.9 cm³/mol. The largest absolute Gasteiger partial charge is 0.339 e. The summed E-state index contributed by atoms with van der Waals surface area (Å²) in [5.41, 5.74) is 1.53. The van der Waals surface area contributed by atoms with Crippen LogP contribution in [0.15, 0.2) is 6.07 Å². The van der Waals surface area contributed by atoms with E-state index in [9.17, 15) is 0 Å². The van der Waals surface area contributed by atoms with Crippen LogP contribution < -0.4 is 0 Å². The predicted octanol–water partition coefficient (Wildman–Crippen LogP) is 1.86. The molecule has 0 aliphatic carbocycles. The fourth-order valence-corrected chi connectivity index (χ4v) is 1.14. The molecule has 1 heterocycles. The van der Waals surface area contributed by atoms with Gasteiger partial charge in [-0.2, -0.15) is 5.26 Å². The van der Waals surface area contributed by atoms with E-state index < -0.39 is 0 Å². The molecule has 52 valence electrons. The Bertz CT molecular complexity index is 293. The molecule has 0 bridgehead atoms. The lowest BCUT2D eigenvalue weighted by molar-refractivity contribution is 0.866. The molecule has 0 aliphatic rings. The van der Waals surface area contributed by atoms with Crippen LogP contribution in [0.2, 0.25) is 5.02 Å². The van der Waals surface area contributed by atoms with Crippen LogP contribution in [0.1, 0.15) is 11.4 Å². The van der Waals surface area contributed by atoms with Gasteiger partial charge in [-0.05, 0) is 13.0 Å². The second kappa shape index (κ2) is 2.36. The Balaban J connectivity index is 3.37. The van der Waals surface area contributed by atoms with Crippen molar-refractivity contribution < 1.29 is 0 Å². The maximum Gasteiger partial charge on any atom is 0.139 e. The molecule has 0 saturated carbocycles. The third kappa shape index (κ3) is 0.891. The zero-order valence-corrected chi connectivity index (χ0v) is 6.61. The second-order valence-electron chi connectivity index (χ2n) is 2.15. The topological polar surface area (TPSA) is 28.7 Å². The van der Waals surface area contributed by atoms with Gasteiger partial charge in [0.1, 0.15) is 11.8 Å². The van der Waals surface area contributed by atoms with E-state index in [1.807, 2.05) is 20.0 Å². The standard InChI is InChI=1S/C7H7ClN2/c1-5-3-6(8)7(4-9)10(5)2/h3H,1-2H3. The van der Waals surface area contributed by atoms with Gasteiger partial charge in [-0.1, -0.05) is 11.6 Å². The Morgan fingerprint density at radius 3 is 2.50 bits per heavy atom. The van der Waals surface area contributed by atoms with E-state index in [2.05, 4.69) is 0 Å².